The Hall–Kier alpha value is -3.54. The summed E-state index contributed by atoms with van der Waals surface area (Å²) >= 11 is 0. The van der Waals surface area contributed by atoms with Crippen molar-refractivity contribution in [2.45, 2.75) is 6.92 Å². The van der Waals surface area contributed by atoms with E-state index >= 15 is 0 Å². The third kappa shape index (κ3) is 3.29. The quantitative estimate of drug-likeness (QED) is 0.556. The number of amides is 2. The summed E-state index contributed by atoms with van der Waals surface area (Å²) in [7, 11) is 2.02. The molecular formula is C21H20N4O2. The number of pyridine rings is 1. The summed E-state index contributed by atoms with van der Waals surface area (Å²) in [6.07, 6.45) is 3.78. The summed E-state index contributed by atoms with van der Waals surface area (Å²) in [5.74, 6) is 1.44. The molecule has 0 saturated heterocycles. The molecule has 0 spiro atoms. The Kier molecular flexibility index (Phi) is 4.38. The number of ether oxygens (including phenoxy) is 1. The molecule has 0 aliphatic heterocycles. The number of aromatic nitrogens is 2. The van der Waals surface area contributed by atoms with E-state index in [1.54, 1.807) is 6.20 Å². The van der Waals surface area contributed by atoms with E-state index in [1.165, 1.54) is 0 Å². The molecule has 0 bridgehead atoms. The molecule has 0 aliphatic carbocycles. The van der Waals surface area contributed by atoms with E-state index in [4.69, 9.17) is 4.74 Å². The SMILES string of the molecule is CCNC(=O)Nc1ccc(Oc2ccnc3ccc4c(ccn4C)c23)cc1. The van der Waals surface area contributed by atoms with Gasteiger partial charge in [0.25, 0.3) is 0 Å². The molecule has 0 radical (unpaired) electrons. The fraction of sp³-hybridized carbons (Fsp3) is 0.143. The smallest absolute Gasteiger partial charge is 0.319 e. The van der Waals surface area contributed by atoms with Gasteiger partial charge in [-0.3, -0.25) is 4.98 Å². The Morgan fingerprint density at radius 1 is 1.11 bits per heavy atom. The van der Waals surface area contributed by atoms with Gasteiger partial charge in [0.2, 0.25) is 0 Å². The number of nitrogens with one attached hydrogen (secondary N) is 2. The number of urea groups is 1. The van der Waals surface area contributed by atoms with Crippen molar-refractivity contribution in [3.8, 4) is 11.5 Å². The Bertz CT molecular complexity index is 1120. The number of hydrogen-bond donors (Lipinski definition) is 2. The van der Waals surface area contributed by atoms with Crippen molar-refractivity contribution in [1.82, 2.24) is 14.9 Å². The van der Waals surface area contributed by atoms with Gasteiger partial charge in [0.05, 0.1) is 10.9 Å². The largest absolute Gasteiger partial charge is 0.457 e. The fourth-order valence-electron chi connectivity index (χ4n) is 3.13. The van der Waals surface area contributed by atoms with Gasteiger partial charge in [0.15, 0.2) is 0 Å². The van der Waals surface area contributed by atoms with Crippen LogP contribution < -0.4 is 15.4 Å². The van der Waals surface area contributed by atoms with Crippen molar-refractivity contribution in [2.75, 3.05) is 11.9 Å². The number of nitrogens with zero attached hydrogens (tertiary/aromatic N) is 2. The number of carbonyl (C=O) groups excluding carboxylic acids is 1. The van der Waals surface area contributed by atoms with Gasteiger partial charge >= 0.3 is 6.03 Å². The lowest BCUT2D eigenvalue weighted by molar-refractivity contribution is 0.252. The van der Waals surface area contributed by atoms with Gasteiger partial charge in [-0.2, -0.15) is 0 Å². The maximum atomic E-state index is 11.6. The second-order valence-corrected chi connectivity index (χ2v) is 6.24. The summed E-state index contributed by atoms with van der Waals surface area (Å²) < 4.78 is 8.22. The normalized spacial score (nSPS) is 10.9. The molecule has 0 aliphatic rings. The van der Waals surface area contributed by atoms with Gasteiger partial charge in [-0.05, 0) is 55.5 Å². The van der Waals surface area contributed by atoms with E-state index in [-0.39, 0.29) is 6.03 Å². The van der Waals surface area contributed by atoms with E-state index in [9.17, 15) is 4.79 Å². The van der Waals surface area contributed by atoms with E-state index in [0.29, 0.717) is 18.0 Å². The second kappa shape index (κ2) is 6.99. The highest BCUT2D eigenvalue weighted by Crippen LogP contribution is 2.34. The summed E-state index contributed by atoms with van der Waals surface area (Å²) in [6.45, 7) is 2.45. The second-order valence-electron chi connectivity index (χ2n) is 6.24. The monoisotopic (exact) mass is 360 g/mol. The van der Waals surface area contributed by atoms with Crippen LogP contribution in [0, 0.1) is 0 Å². The molecule has 6 nitrogen and oxygen atoms in total. The number of fused-ring (bicyclic) bond motifs is 3. The maximum absolute atomic E-state index is 11.6. The third-order valence-electron chi connectivity index (χ3n) is 4.41. The minimum atomic E-state index is -0.224. The number of rotatable bonds is 4. The zero-order chi connectivity index (χ0) is 18.8. The Labute approximate surface area is 156 Å². The zero-order valence-electron chi connectivity index (χ0n) is 15.2. The first-order chi connectivity index (χ1) is 13.2. The van der Waals surface area contributed by atoms with Crippen LogP contribution in [0.15, 0.2) is 60.9 Å². The van der Waals surface area contributed by atoms with Gasteiger partial charge in [-0.1, -0.05) is 0 Å². The minimum absolute atomic E-state index is 0.224. The molecule has 2 aromatic heterocycles. The highest BCUT2D eigenvalue weighted by atomic mass is 16.5. The van der Waals surface area contributed by atoms with Gasteiger partial charge in [-0.25, -0.2) is 4.79 Å². The van der Waals surface area contributed by atoms with Gasteiger partial charge in [0.1, 0.15) is 11.5 Å². The third-order valence-corrected chi connectivity index (χ3v) is 4.41. The Morgan fingerprint density at radius 2 is 1.93 bits per heavy atom. The molecular weight excluding hydrogens is 340 g/mol. The standard InChI is InChI=1S/C21H20N4O2/c1-3-22-21(26)24-14-4-6-15(7-5-14)27-19-10-12-23-17-8-9-18-16(20(17)19)11-13-25(18)2/h4-13H,3H2,1-2H3,(H2,22,24,26). The van der Waals surface area contributed by atoms with Gasteiger partial charge in [0, 0.05) is 42.6 Å². The van der Waals surface area contributed by atoms with Crippen molar-refractivity contribution in [3.63, 3.8) is 0 Å². The van der Waals surface area contributed by atoms with Crippen LogP contribution in [-0.4, -0.2) is 22.1 Å². The van der Waals surface area contributed by atoms with Crippen molar-refractivity contribution in [2.24, 2.45) is 7.05 Å². The predicted octanol–water partition coefficient (Wildman–Crippen LogP) is 4.66. The maximum Gasteiger partial charge on any atom is 0.319 e. The van der Waals surface area contributed by atoms with Crippen LogP contribution in [-0.2, 0) is 7.05 Å². The summed E-state index contributed by atoms with van der Waals surface area (Å²) in [5.41, 5.74) is 2.72. The summed E-state index contributed by atoms with van der Waals surface area (Å²) in [4.78, 5) is 16.1. The molecule has 2 amide bonds. The number of carbonyl (C=O) groups is 1. The average Bonchev–Trinajstić information content (AvgIpc) is 3.05. The van der Waals surface area contributed by atoms with Gasteiger partial charge < -0.3 is 19.9 Å². The number of anilines is 1. The van der Waals surface area contributed by atoms with E-state index in [1.807, 2.05) is 56.6 Å². The van der Waals surface area contributed by atoms with E-state index in [2.05, 4.69) is 32.3 Å². The fourth-order valence-corrected chi connectivity index (χ4v) is 3.13. The number of aryl methyl sites for hydroxylation is 1. The first-order valence-electron chi connectivity index (χ1n) is 8.81. The highest BCUT2D eigenvalue weighted by Gasteiger charge is 2.11. The van der Waals surface area contributed by atoms with E-state index in [0.717, 1.165) is 27.6 Å². The molecule has 4 aromatic rings. The predicted molar refractivity (Wildman–Crippen MR) is 107 cm³/mol. The lowest BCUT2D eigenvalue weighted by Gasteiger charge is -2.11. The van der Waals surface area contributed by atoms with Crippen molar-refractivity contribution >= 4 is 33.5 Å². The topological polar surface area (TPSA) is 68.2 Å². The van der Waals surface area contributed by atoms with Crippen LogP contribution in [0.25, 0.3) is 21.8 Å². The lowest BCUT2D eigenvalue weighted by Crippen LogP contribution is -2.28. The summed E-state index contributed by atoms with van der Waals surface area (Å²) in [5, 5.41) is 7.56. The molecule has 0 fully saturated rings. The molecule has 0 unspecified atom stereocenters. The van der Waals surface area contributed by atoms with E-state index < -0.39 is 0 Å². The van der Waals surface area contributed by atoms with Crippen LogP contribution in [0.1, 0.15) is 6.92 Å². The van der Waals surface area contributed by atoms with Crippen LogP contribution in [0.4, 0.5) is 10.5 Å². The van der Waals surface area contributed by atoms with Crippen molar-refractivity contribution in [1.29, 1.82) is 0 Å². The van der Waals surface area contributed by atoms with Crippen LogP contribution in [0.3, 0.4) is 0 Å². The minimum Gasteiger partial charge on any atom is -0.457 e. The molecule has 0 atom stereocenters. The Balaban J connectivity index is 1.65. The van der Waals surface area contributed by atoms with Crippen LogP contribution in [0.2, 0.25) is 0 Å². The van der Waals surface area contributed by atoms with Crippen molar-refractivity contribution in [3.05, 3.63) is 60.9 Å². The molecule has 2 aromatic carbocycles. The molecule has 2 heterocycles. The van der Waals surface area contributed by atoms with Crippen molar-refractivity contribution < 1.29 is 9.53 Å². The molecule has 4 rings (SSSR count). The molecule has 27 heavy (non-hydrogen) atoms. The average molecular weight is 360 g/mol. The summed E-state index contributed by atoms with van der Waals surface area (Å²) in [6, 6.07) is 15.1. The highest BCUT2D eigenvalue weighted by molar-refractivity contribution is 6.08. The lowest BCUT2D eigenvalue weighted by atomic mass is 10.1. The van der Waals surface area contributed by atoms with Crippen LogP contribution >= 0.6 is 0 Å². The number of benzene rings is 2. The first kappa shape index (κ1) is 16.9. The molecule has 0 saturated carbocycles. The molecule has 136 valence electrons. The zero-order valence-corrected chi connectivity index (χ0v) is 15.2. The Morgan fingerprint density at radius 3 is 2.70 bits per heavy atom. The van der Waals surface area contributed by atoms with Gasteiger partial charge in [-0.15, -0.1) is 0 Å². The van der Waals surface area contributed by atoms with Crippen LogP contribution in [0.5, 0.6) is 11.5 Å². The number of hydrogen-bond acceptors (Lipinski definition) is 3. The first-order valence-corrected chi connectivity index (χ1v) is 8.81. The molecule has 6 heteroatoms. The molecule has 2 N–H and O–H groups in total.